The molecule has 0 radical (unpaired) electrons. The second-order valence-corrected chi connectivity index (χ2v) is 9.71. The zero-order valence-corrected chi connectivity index (χ0v) is 17.5. The Morgan fingerprint density at radius 3 is 3.00 bits per heavy atom. The lowest BCUT2D eigenvalue weighted by molar-refractivity contribution is -0.121. The molecule has 3 aromatic rings. The second-order valence-electron chi connectivity index (χ2n) is 5.89. The summed E-state index contributed by atoms with van der Waals surface area (Å²) >= 11 is 8.31. The number of carbonyl (C=O) groups is 1. The van der Waals surface area contributed by atoms with Crippen molar-refractivity contribution in [1.29, 1.82) is 0 Å². The third-order valence-corrected chi connectivity index (χ3v) is 7.89. The molecule has 1 aliphatic heterocycles. The monoisotopic (exact) mass is 468 g/mol. The first-order chi connectivity index (χ1) is 12.6. The van der Waals surface area contributed by atoms with Crippen LogP contribution in [-0.4, -0.2) is 16.6 Å². The average molecular weight is 469 g/mol. The fraction of sp³-hybridized carbons (Fsp3) is 0.222. The summed E-state index contributed by atoms with van der Waals surface area (Å²) in [6.45, 7) is 0. The predicted octanol–water partition coefficient (Wildman–Crippen LogP) is 5.67. The van der Waals surface area contributed by atoms with Crippen molar-refractivity contribution in [3.8, 4) is 9.88 Å². The van der Waals surface area contributed by atoms with Crippen molar-refractivity contribution in [1.82, 2.24) is 10.3 Å². The Bertz CT molecular complexity index is 956. The van der Waals surface area contributed by atoms with E-state index < -0.39 is 0 Å². The summed E-state index contributed by atoms with van der Waals surface area (Å²) in [5, 5.41) is 7.90. The van der Waals surface area contributed by atoms with Gasteiger partial charge in [-0.15, -0.1) is 34.4 Å². The summed E-state index contributed by atoms with van der Waals surface area (Å²) in [5.41, 5.74) is 1.63. The molecule has 4 rings (SSSR count). The molecule has 2 aromatic heterocycles. The Morgan fingerprint density at radius 1 is 1.31 bits per heavy atom. The number of carbonyl (C=O) groups excluding carboxylic acids is 1. The fourth-order valence-electron chi connectivity index (χ4n) is 2.85. The minimum absolute atomic E-state index is 0.0821. The van der Waals surface area contributed by atoms with E-state index in [2.05, 4.69) is 26.2 Å². The highest BCUT2D eigenvalue weighted by Gasteiger charge is 2.23. The van der Waals surface area contributed by atoms with Crippen LogP contribution < -0.4 is 5.32 Å². The van der Waals surface area contributed by atoms with E-state index in [1.54, 1.807) is 40.5 Å². The van der Waals surface area contributed by atoms with Crippen molar-refractivity contribution in [3.05, 3.63) is 56.6 Å². The maximum Gasteiger partial charge on any atom is 0.226 e. The molecule has 134 valence electrons. The Hall–Kier alpha value is -1.22. The van der Waals surface area contributed by atoms with Gasteiger partial charge in [0.25, 0.3) is 0 Å². The van der Waals surface area contributed by atoms with E-state index in [4.69, 9.17) is 0 Å². The van der Waals surface area contributed by atoms with Crippen molar-refractivity contribution < 1.29 is 9.18 Å². The van der Waals surface area contributed by atoms with E-state index in [-0.39, 0.29) is 24.2 Å². The van der Waals surface area contributed by atoms with Gasteiger partial charge in [-0.1, -0.05) is 0 Å². The maximum atomic E-state index is 13.6. The van der Waals surface area contributed by atoms with Crippen LogP contribution in [0, 0.1) is 5.82 Å². The molecule has 1 unspecified atom stereocenters. The minimum atomic E-state index is -0.267. The molecule has 8 heteroatoms. The normalized spacial score (nSPS) is 16.3. The molecule has 1 N–H and O–H groups in total. The lowest BCUT2D eigenvalue weighted by Crippen LogP contribution is -2.31. The van der Waals surface area contributed by atoms with Crippen molar-refractivity contribution in [2.45, 2.75) is 23.8 Å². The molecule has 0 fully saturated rings. The van der Waals surface area contributed by atoms with Crippen LogP contribution in [0.5, 0.6) is 0 Å². The highest BCUT2D eigenvalue weighted by Crippen LogP contribution is 2.36. The number of fused-ring (bicyclic) bond motifs is 1. The number of rotatable bonds is 4. The third kappa shape index (κ3) is 4.03. The molecule has 0 bridgehead atoms. The summed E-state index contributed by atoms with van der Waals surface area (Å²) in [4.78, 5) is 19.2. The summed E-state index contributed by atoms with van der Waals surface area (Å²) in [6, 6.07) is 6.68. The van der Waals surface area contributed by atoms with Gasteiger partial charge < -0.3 is 5.32 Å². The smallest absolute Gasteiger partial charge is 0.226 e. The number of halogens is 2. The van der Waals surface area contributed by atoms with Gasteiger partial charge in [0.1, 0.15) is 10.8 Å². The fourth-order valence-corrected chi connectivity index (χ4v) is 6.28. The molecular formula is C18H14BrFN2OS3. The Labute approximate surface area is 171 Å². The van der Waals surface area contributed by atoms with Crippen molar-refractivity contribution in [2.24, 2.45) is 0 Å². The van der Waals surface area contributed by atoms with Gasteiger partial charge >= 0.3 is 0 Å². The number of benzene rings is 1. The zero-order valence-electron chi connectivity index (χ0n) is 13.5. The van der Waals surface area contributed by atoms with Gasteiger partial charge in [-0.2, -0.15) is 0 Å². The van der Waals surface area contributed by atoms with Gasteiger partial charge in [-0.3, -0.25) is 4.79 Å². The van der Waals surface area contributed by atoms with Gasteiger partial charge in [-0.25, -0.2) is 9.37 Å². The first kappa shape index (κ1) is 18.2. The molecule has 3 heterocycles. The molecule has 26 heavy (non-hydrogen) atoms. The Kier molecular flexibility index (Phi) is 5.45. The Balaban J connectivity index is 1.44. The van der Waals surface area contributed by atoms with Crippen LogP contribution in [0.4, 0.5) is 4.39 Å². The molecule has 0 saturated heterocycles. The summed E-state index contributed by atoms with van der Waals surface area (Å²) in [6.07, 6.45) is 1.04. The van der Waals surface area contributed by atoms with E-state index in [0.29, 0.717) is 0 Å². The number of thiophene rings is 1. The quantitative estimate of drug-likeness (QED) is 0.536. The first-order valence-electron chi connectivity index (χ1n) is 7.99. The number of hydrogen-bond acceptors (Lipinski definition) is 5. The van der Waals surface area contributed by atoms with Gasteiger partial charge in [-0.05, 0) is 52.2 Å². The number of thiazole rings is 1. The number of nitrogens with zero attached hydrogens (tertiary/aromatic N) is 1. The van der Waals surface area contributed by atoms with E-state index >= 15 is 0 Å². The lowest BCUT2D eigenvalue weighted by Gasteiger charge is -2.25. The Morgan fingerprint density at radius 2 is 2.19 bits per heavy atom. The molecule has 0 aliphatic carbocycles. The molecule has 3 nitrogen and oxygen atoms in total. The number of amides is 1. The largest absolute Gasteiger partial charge is 0.349 e. The average Bonchev–Trinajstić information content (AvgIpc) is 3.24. The van der Waals surface area contributed by atoms with Crippen LogP contribution >= 0.6 is 50.4 Å². The molecule has 1 aliphatic rings. The van der Waals surface area contributed by atoms with Gasteiger partial charge in [0.2, 0.25) is 5.91 Å². The molecule has 0 spiro atoms. The number of nitrogens with one attached hydrogen (secondary N) is 1. The highest BCUT2D eigenvalue weighted by molar-refractivity contribution is 9.10. The predicted molar refractivity (Wildman–Crippen MR) is 109 cm³/mol. The molecule has 1 aromatic carbocycles. The third-order valence-electron chi connectivity index (χ3n) is 4.02. The van der Waals surface area contributed by atoms with Crippen LogP contribution in [0.25, 0.3) is 9.88 Å². The van der Waals surface area contributed by atoms with Crippen LogP contribution in [0.2, 0.25) is 0 Å². The second kappa shape index (κ2) is 7.80. The number of hydrogen-bond donors (Lipinski definition) is 1. The van der Waals surface area contributed by atoms with Crippen molar-refractivity contribution >= 4 is 56.3 Å². The molecular weight excluding hydrogens is 455 g/mol. The van der Waals surface area contributed by atoms with Crippen LogP contribution in [-0.2, 0) is 11.2 Å². The van der Waals surface area contributed by atoms with E-state index in [9.17, 15) is 9.18 Å². The van der Waals surface area contributed by atoms with E-state index in [1.807, 2.05) is 16.8 Å². The van der Waals surface area contributed by atoms with Gasteiger partial charge in [0, 0.05) is 25.9 Å². The van der Waals surface area contributed by atoms with Crippen molar-refractivity contribution in [2.75, 3.05) is 5.75 Å². The lowest BCUT2D eigenvalue weighted by atomic mass is 10.0. The summed E-state index contributed by atoms with van der Waals surface area (Å²) < 4.78 is 14.6. The van der Waals surface area contributed by atoms with Crippen molar-refractivity contribution in [3.63, 3.8) is 0 Å². The number of aromatic nitrogens is 1. The topological polar surface area (TPSA) is 42.0 Å². The van der Waals surface area contributed by atoms with E-state index in [1.165, 1.54) is 12.1 Å². The van der Waals surface area contributed by atoms with Crippen LogP contribution in [0.1, 0.15) is 23.7 Å². The van der Waals surface area contributed by atoms with Crippen LogP contribution in [0.15, 0.2) is 44.4 Å². The molecule has 1 atom stereocenters. The molecule has 1 amide bonds. The maximum absolute atomic E-state index is 13.6. The summed E-state index contributed by atoms with van der Waals surface area (Å²) in [5.74, 6) is 0.565. The van der Waals surface area contributed by atoms with E-state index in [0.717, 1.165) is 42.7 Å². The first-order valence-corrected chi connectivity index (χ1v) is 11.5. The highest BCUT2D eigenvalue weighted by atomic mass is 79.9. The number of thioether (sulfide) groups is 1. The van der Waals surface area contributed by atoms with Gasteiger partial charge in [0.15, 0.2) is 0 Å². The van der Waals surface area contributed by atoms with Gasteiger partial charge in [0.05, 0.1) is 23.0 Å². The SMILES string of the molecule is O=C(Cc1csc(-c2cc(Br)cs2)n1)NC1CCSc2ccc(F)cc21. The zero-order chi connectivity index (χ0) is 18.1. The summed E-state index contributed by atoms with van der Waals surface area (Å²) in [7, 11) is 0. The minimum Gasteiger partial charge on any atom is -0.349 e. The standard InChI is InChI=1S/C18H14BrFN2OS3/c19-10-5-16(25-8-10)18-21-12(9-26-18)7-17(23)22-14-3-4-24-15-2-1-11(20)6-13(14)15/h1-2,5-6,8-9,14H,3-4,7H2,(H,22,23). The molecule has 0 saturated carbocycles. The van der Waals surface area contributed by atoms with Crippen LogP contribution in [0.3, 0.4) is 0 Å².